The van der Waals surface area contributed by atoms with Gasteiger partial charge in [-0.15, -0.1) is 11.8 Å². The second-order valence-corrected chi connectivity index (χ2v) is 5.57. The fourth-order valence-corrected chi connectivity index (χ4v) is 2.70. The Labute approximate surface area is 125 Å². The fraction of sp³-hybridized carbons (Fsp3) is 0.308. The van der Waals surface area contributed by atoms with Crippen molar-refractivity contribution in [1.29, 1.82) is 0 Å². The lowest BCUT2D eigenvalue weighted by atomic mass is 10.1. The zero-order valence-electron chi connectivity index (χ0n) is 11.1. The number of benzene rings is 1. The summed E-state index contributed by atoms with van der Waals surface area (Å²) in [6.07, 6.45) is -9.22. The quantitative estimate of drug-likeness (QED) is 0.684. The first-order chi connectivity index (χ1) is 10.1. The lowest BCUT2D eigenvalue weighted by Gasteiger charge is -2.13. The van der Waals surface area contributed by atoms with Crippen LogP contribution in [0.2, 0.25) is 0 Å². The molecule has 0 aliphatic heterocycles. The standard InChI is InChI=1S/C13H10F6N2S/c14-12(15,16)7-1-2-9-8(5-7)10(22-4-3-20)6-11(21-9)13(17,18)19/h1-2,5-6H,3-4,20H2/p+1. The van der Waals surface area contributed by atoms with Crippen LogP contribution in [0.25, 0.3) is 10.9 Å². The summed E-state index contributed by atoms with van der Waals surface area (Å²) in [6, 6.07) is 3.30. The number of aromatic nitrogens is 1. The molecule has 1 aromatic heterocycles. The minimum absolute atomic E-state index is 0.0567. The summed E-state index contributed by atoms with van der Waals surface area (Å²) in [4.78, 5) is 3.53. The molecular weight excluding hydrogens is 330 g/mol. The molecule has 0 saturated heterocycles. The molecule has 0 bridgehead atoms. The van der Waals surface area contributed by atoms with Gasteiger partial charge < -0.3 is 5.73 Å². The molecule has 0 atom stereocenters. The van der Waals surface area contributed by atoms with Gasteiger partial charge in [-0.3, -0.25) is 0 Å². The van der Waals surface area contributed by atoms with Gasteiger partial charge in [0.1, 0.15) is 5.69 Å². The van der Waals surface area contributed by atoms with Crippen LogP contribution in [0.5, 0.6) is 0 Å². The Morgan fingerprint density at radius 3 is 2.23 bits per heavy atom. The largest absolute Gasteiger partial charge is 0.433 e. The molecule has 1 heterocycles. The number of alkyl halides is 6. The van der Waals surface area contributed by atoms with Crippen molar-refractivity contribution in [2.45, 2.75) is 17.2 Å². The highest BCUT2D eigenvalue weighted by Crippen LogP contribution is 2.37. The molecule has 0 amide bonds. The average molecular weight is 341 g/mol. The third-order valence-corrected chi connectivity index (χ3v) is 3.93. The summed E-state index contributed by atoms with van der Waals surface area (Å²) in [5.41, 5.74) is 1.42. The number of hydrogen-bond acceptors (Lipinski definition) is 2. The fourth-order valence-electron chi connectivity index (χ4n) is 1.82. The van der Waals surface area contributed by atoms with E-state index < -0.39 is 23.6 Å². The van der Waals surface area contributed by atoms with E-state index in [-0.39, 0.29) is 15.8 Å². The van der Waals surface area contributed by atoms with Gasteiger partial charge in [0.15, 0.2) is 0 Å². The summed E-state index contributed by atoms with van der Waals surface area (Å²) in [5.74, 6) is 0.395. The van der Waals surface area contributed by atoms with Crippen molar-refractivity contribution in [1.82, 2.24) is 4.98 Å². The second-order valence-electron chi connectivity index (χ2n) is 4.44. The van der Waals surface area contributed by atoms with Crippen LogP contribution in [0, 0.1) is 0 Å². The van der Waals surface area contributed by atoms with Crippen LogP contribution in [0.1, 0.15) is 11.3 Å². The molecule has 2 rings (SSSR count). The van der Waals surface area contributed by atoms with Crippen LogP contribution in [0.3, 0.4) is 0 Å². The lowest BCUT2D eigenvalue weighted by molar-refractivity contribution is -0.360. The van der Waals surface area contributed by atoms with Crippen molar-refractivity contribution >= 4 is 22.7 Å². The van der Waals surface area contributed by atoms with E-state index in [0.29, 0.717) is 12.3 Å². The molecule has 120 valence electrons. The van der Waals surface area contributed by atoms with Gasteiger partial charge in [-0.1, -0.05) is 0 Å². The van der Waals surface area contributed by atoms with Crippen LogP contribution in [0.4, 0.5) is 26.3 Å². The highest BCUT2D eigenvalue weighted by molar-refractivity contribution is 7.99. The smallest absolute Gasteiger partial charge is 0.357 e. The number of thioether (sulfide) groups is 1. The molecule has 2 aromatic rings. The summed E-state index contributed by atoms with van der Waals surface area (Å²) >= 11 is 1.03. The van der Waals surface area contributed by atoms with Crippen molar-refractivity contribution in [3.8, 4) is 0 Å². The van der Waals surface area contributed by atoms with E-state index >= 15 is 0 Å². The van der Waals surface area contributed by atoms with E-state index in [4.69, 9.17) is 0 Å². The van der Waals surface area contributed by atoms with E-state index in [1.165, 1.54) is 0 Å². The number of nitrogens with zero attached hydrogens (tertiary/aromatic N) is 1. The molecule has 3 N–H and O–H groups in total. The maximum absolute atomic E-state index is 12.8. The first kappa shape index (κ1) is 16.9. The second kappa shape index (κ2) is 5.96. The molecular formula is C13H11F6N2S+. The first-order valence-corrected chi connectivity index (χ1v) is 7.12. The summed E-state index contributed by atoms with van der Waals surface area (Å²) in [5, 5.41) is 0.0567. The van der Waals surface area contributed by atoms with Crippen molar-refractivity contribution in [3.63, 3.8) is 0 Å². The molecule has 0 fully saturated rings. The third kappa shape index (κ3) is 3.64. The van der Waals surface area contributed by atoms with Crippen LogP contribution in [-0.2, 0) is 12.4 Å². The topological polar surface area (TPSA) is 40.5 Å². The van der Waals surface area contributed by atoms with E-state index in [1.807, 2.05) is 0 Å². The Bertz CT molecular complexity index is 681. The van der Waals surface area contributed by atoms with Crippen LogP contribution in [0.15, 0.2) is 29.2 Å². The Kier molecular flexibility index (Phi) is 4.57. The van der Waals surface area contributed by atoms with Crippen LogP contribution >= 0.6 is 11.8 Å². The number of rotatable bonds is 3. The summed E-state index contributed by atoms with van der Waals surface area (Å²) < 4.78 is 76.7. The highest BCUT2D eigenvalue weighted by Gasteiger charge is 2.34. The molecule has 1 aromatic carbocycles. The van der Waals surface area contributed by atoms with Crippen LogP contribution < -0.4 is 5.73 Å². The molecule has 2 nitrogen and oxygen atoms in total. The predicted molar refractivity (Wildman–Crippen MR) is 70.2 cm³/mol. The Balaban J connectivity index is 2.65. The van der Waals surface area contributed by atoms with Gasteiger partial charge in [-0.05, 0) is 24.3 Å². The molecule has 0 unspecified atom stereocenters. The van der Waals surface area contributed by atoms with Crippen molar-refractivity contribution < 1.29 is 32.1 Å². The molecule has 9 heteroatoms. The number of pyridine rings is 1. The molecule has 0 saturated carbocycles. The molecule has 0 aliphatic carbocycles. The zero-order chi connectivity index (χ0) is 16.5. The van der Waals surface area contributed by atoms with E-state index in [9.17, 15) is 26.3 Å². The lowest BCUT2D eigenvalue weighted by Crippen LogP contribution is -2.51. The predicted octanol–water partition coefficient (Wildman–Crippen LogP) is 3.61. The Morgan fingerprint density at radius 2 is 1.68 bits per heavy atom. The third-order valence-electron chi connectivity index (χ3n) is 2.79. The van der Waals surface area contributed by atoms with E-state index in [0.717, 1.165) is 36.0 Å². The number of quaternary nitrogens is 1. The molecule has 0 spiro atoms. The monoisotopic (exact) mass is 341 g/mol. The van der Waals surface area contributed by atoms with Gasteiger partial charge in [0.2, 0.25) is 0 Å². The van der Waals surface area contributed by atoms with Gasteiger partial charge in [-0.2, -0.15) is 26.3 Å². The van der Waals surface area contributed by atoms with E-state index in [1.54, 1.807) is 0 Å². The van der Waals surface area contributed by atoms with Gasteiger partial charge >= 0.3 is 12.4 Å². The maximum Gasteiger partial charge on any atom is 0.433 e. The van der Waals surface area contributed by atoms with Crippen molar-refractivity contribution in [3.05, 3.63) is 35.5 Å². The van der Waals surface area contributed by atoms with Crippen LogP contribution in [-0.4, -0.2) is 17.3 Å². The molecule has 22 heavy (non-hydrogen) atoms. The molecule has 0 aliphatic rings. The number of halogens is 6. The SMILES string of the molecule is [NH3+]CCSc1cc(C(F)(F)F)nc2ccc(C(F)(F)F)cc12. The summed E-state index contributed by atoms with van der Waals surface area (Å²) in [6.45, 7) is 0.439. The summed E-state index contributed by atoms with van der Waals surface area (Å²) in [7, 11) is 0. The Morgan fingerprint density at radius 1 is 1.00 bits per heavy atom. The average Bonchev–Trinajstić information content (AvgIpc) is 2.41. The normalized spacial score (nSPS) is 12.9. The van der Waals surface area contributed by atoms with Gasteiger partial charge in [-0.25, -0.2) is 4.98 Å². The molecule has 0 radical (unpaired) electrons. The van der Waals surface area contributed by atoms with Crippen molar-refractivity contribution in [2.24, 2.45) is 0 Å². The van der Waals surface area contributed by atoms with E-state index in [2.05, 4.69) is 10.7 Å². The van der Waals surface area contributed by atoms with Gasteiger partial charge in [0.05, 0.1) is 17.6 Å². The van der Waals surface area contributed by atoms with Crippen molar-refractivity contribution in [2.75, 3.05) is 12.3 Å². The first-order valence-electron chi connectivity index (χ1n) is 6.14. The zero-order valence-corrected chi connectivity index (χ0v) is 11.9. The maximum atomic E-state index is 12.8. The highest BCUT2D eigenvalue weighted by atomic mass is 32.2. The van der Waals surface area contributed by atoms with Gasteiger partial charge in [0.25, 0.3) is 0 Å². The van der Waals surface area contributed by atoms with Gasteiger partial charge in [0, 0.05) is 16.0 Å². The number of fused-ring (bicyclic) bond motifs is 1. The minimum Gasteiger partial charge on any atom is -0.357 e. The Hall–Kier alpha value is -1.48. The minimum atomic E-state index is -4.66. The number of hydrogen-bond donors (Lipinski definition) is 1.